The molecular weight excluding hydrogens is 399 g/mol. The van der Waals surface area contributed by atoms with Crippen molar-refractivity contribution in [2.45, 2.75) is 32.9 Å². The molecule has 166 valence electrons. The molecule has 0 bridgehead atoms. The van der Waals surface area contributed by atoms with Crippen molar-refractivity contribution in [3.8, 4) is 0 Å². The number of benzene rings is 3. The molecule has 0 spiro atoms. The molecule has 0 aromatic heterocycles. The highest BCUT2D eigenvalue weighted by atomic mass is 19.1. The van der Waals surface area contributed by atoms with Crippen molar-refractivity contribution in [3.05, 3.63) is 107 Å². The number of amides is 1. The number of likely N-dealkylation sites (tertiary alicyclic amines) is 1. The number of carbonyl (C=O) groups is 1. The van der Waals surface area contributed by atoms with Crippen molar-refractivity contribution >= 4 is 5.91 Å². The summed E-state index contributed by atoms with van der Waals surface area (Å²) in [5, 5.41) is 0. The lowest BCUT2D eigenvalue weighted by Gasteiger charge is -2.28. The SMILES string of the molecule is CC(=O)N(Cc1ccc(F)cc1)CC1CN(Cc2ccccc2)CC1c1ccc(C)cc1. The van der Waals surface area contributed by atoms with Crippen molar-refractivity contribution in [1.82, 2.24) is 9.80 Å². The van der Waals surface area contributed by atoms with Gasteiger partial charge in [0.15, 0.2) is 0 Å². The minimum Gasteiger partial charge on any atom is -0.338 e. The van der Waals surface area contributed by atoms with Gasteiger partial charge in [-0.2, -0.15) is 0 Å². The minimum absolute atomic E-state index is 0.0542. The van der Waals surface area contributed by atoms with Crippen molar-refractivity contribution in [2.24, 2.45) is 5.92 Å². The van der Waals surface area contributed by atoms with E-state index in [0.717, 1.165) is 25.2 Å². The third-order valence-electron chi connectivity index (χ3n) is 6.46. The van der Waals surface area contributed by atoms with E-state index >= 15 is 0 Å². The molecular formula is C28H31FN2O. The Labute approximate surface area is 190 Å². The standard InChI is InChI=1S/C28H31FN2O/c1-21-8-12-25(13-9-21)28-20-30(16-23-6-4-3-5-7-23)18-26(28)19-31(22(2)32)17-24-10-14-27(29)15-11-24/h3-15,26,28H,16-20H2,1-2H3. The van der Waals surface area contributed by atoms with Crippen LogP contribution >= 0.6 is 0 Å². The summed E-state index contributed by atoms with van der Waals surface area (Å²) in [7, 11) is 0. The molecule has 32 heavy (non-hydrogen) atoms. The van der Waals surface area contributed by atoms with Crippen LogP contribution < -0.4 is 0 Å². The van der Waals surface area contributed by atoms with E-state index in [0.29, 0.717) is 24.9 Å². The monoisotopic (exact) mass is 430 g/mol. The van der Waals surface area contributed by atoms with Gasteiger partial charge < -0.3 is 4.90 Å². The Balaban J connectivity index is 1.53. The zero-order valence-electron chi connectivity index (χ0n) is 18.9. The number of nitrogens with zero attached hydrogens (tertiary/aromatic N) is 2. The van der Waals surface area contributed by atoms with Crippen LogP contribution in [-0.4, -0.2) is 35.3 Å². The van der Waals surface area contributed by atoms with Gasteiger partial charge >= 0.3 is 0 Å². The normalized spacial score (nSPS) is 18.6. The van der Waals surface area contributed by atoms with Crippen LogP contribution in [0.15, 0.2) is 78.9 Å². The van der Waals surface area contributed by atoms with Gasteiger partial charge in [-0.05, 0) is 41.7 Å². The van der Waals surface area contributed by atoms with E-state index in [1.807, 2.05) is 11.0 Å². The fraction of sp³-hybridized carbons (Fsp3) is 0.321. The van der Waals surface area contributed by atoms with Crippen LogP contribution in [0.3, 0.4) is 0 Å². The lowest BCUT2D eigenvalue weighted by molar-refractivity contribution is -0.130. The molecule has 1 aliphatic rings. The summed E-state index contributed by atoms with van der Waals surface area (Å²) < 4.78 is 13.3. The number of hydrogen-bond acceptors (Lipinski definition) is 2. The average Bonchev–Trinajstić information content (AvgIpc) is 3.18. The highest BCUT2D eigenvalue weighted by Crippen LogP contribution is 2.34. The van der Waals surface area contributed by atoms with E-state index in [2.05, 4.69) is 60.4 Å². The molecule has 0 N–H and O–H groups in total. The summed E-state index contributed by atoms with van der Waals surface area (Å²) in [5.74, 6) is 0.508. The Hall–Kier alpha value is -2.98. The smallest absolute Gasteiger partial charge is 0.219 e. The number of hydrogen-bond donors (Lipinski definition) is 0. The lowest BCUT2D eigenvalue weighted by atomic mass is 9.88. The predicted molar refractivity (Wildman–Crippen MR) is 127 cm³/mol. The predicted octanol–water partition coefficient (Wildman–Crippen LogP) is 5.40. The Kier molecular flexibility index (Phi) is 7.01. The van der Waals surface area contributed by atoms with Crippen LogP contribution in [-0.2, 0) is 17.9 Å². The number of aryl methyl sites for hydroxylation is 1. The van der Waals surface area contributed by atoms with Gasteiger partial charge in [0.05, 0.1) is 0 Å². The van der Waals surface area contributed by atoms with E-state index in [1.54, 1.807) is 19.1 Å². The van der Waals surface area contributed by atoms with Crippen LogP contribution in [0.25, 0.3) is 0 Å². The van der Waals surface area contributed by atoms with Crippen LogP contribution in [0.1, 0.15) is 35.1 Å². The molecule has 1 saturated heterocycles. The Morgan fingerprint density at radius 3 is 2.28 bits per heavy atom. The first-order valence-corrected chi connectivity index (χ1v) is 11.3. The molecule has 2 unspecified atom stereocenters. The van der Waals surface area contributed by atoms with Gasteiger partial charge in [0.25, 0.3) is 0 Å². The third-order valence-corrected chi connectivity index (χ3v) is 6.46. The van der Waals surface area contributed by atoms with Crippen molar-refractivity contribution in [1.29, 1.82) is 0 Å². The molecule has 3 aromatic carbocycles. The second kappa shape index (κ2) is 10.1. The maximum absolute atomic E-state index is 13.3. The fourth-order valence-corrected chi connectivity index (χ4v) is 4.71. The minimum atomic E-state index is -0.255. The molecule has 3 aromatic rings. The molecule has 4 rings (SSSR count). The summed E-state index contributed by atoms with van der Waals surface area (Å²) in [6, 6.07) is 25.8. The largest absolute Gasteiger partial charge is 0.338 e. The van der Waals surface area contributed by atoms with E-state index in [4.69, 9.17) is 0 Å². The Bertz CT molecular complexity index is 1020. The molecule has 2 atom stereocenters. The van der Waals surface area contributed by atoms with Crippen molar-refractivity contribution < 1.29 is 9.18 Å². The molecule has 0 aliphatic carbocycles. The summed E-state index contributed by atoms with van der Waals surface area (Å²) in [6.45, 7) is 7.77. The van der Waals surface area contributed by atoms with Crippen molar-refractivity contribution in [3.63, 3.8) is 0 Å². The van der Waals surface area contributed by atoms with Gasteiger partial charge in [-0.15, -0.1) is 0 Å². The van der Waals surface area contributed by atoms with Crippen LogP contribution in [0.2, 0.25) is 0 Å². The van der Waals surface area contributed by atoms with Crippen molar-refractivity contribution in [2.75, 3.05) is 19.6 Å². The van der Waals surface area contributed by atoms with Crippen LogP contribution in [0.5, 0.6) is 0 Å². The molecule has 4 heteroatoms. The van der Waals surface area contributed by atoms with Crippen LogP contribution in [0, 0.1) is 18.7 Å². The molecule has 3 nitrogen and oxygen atoms in total. The van der Waals surface area contributed by atoms with Gasteiger partial charge in [0.2, 0.25) is 5.91 Å². The van der Waals surface area contributed by atoms with Crippen LogP contribution in [0.4, 0.5) is 4.39 Å². The van der Waals surface area contributed by atoms with Gasteiger partial charge in [-0.1, -0.05) is 72.3 Å². The first-order chi connectivity index (χ1) is 15.5. The third kappa shape index (κ3) is 5.63. The van der Waals surface area contributed by atoms with E-state index in [-0.39, 0.29) is 11.7 Å². The highest BCUT2D eigenvalue weighted by Gasteiger charge is 2.35. The topological polar surface area (TPSA) is 23.6 Å². The number of halogens is 1. The zero-order chi connectivity index (χ0) is 22.5. The molecule has 1 aliphatic heterocycles. The summed E-state index contributed by atoms with van der Waals surface area (Å²) >= 11 is 0. The number of rotatable bonds is 7. The summed E-state index contributed by atoms with van der Waals surface area (Å²) in [4.78, 5) is 16.9. The lowest BCUT2D eigenvalue weighted by Crippen LogP contribution is -2.35. The molecule has 1 fully saturated rings. The van der Waals surface area contributed by atoms with E-state index in [9.17, 15) is 9.18 Å². The second-order valence-corrected chi connectivity index (χ2v) is 8.98. The molecule has 1 amide bonds. The van der Waals surface area contributed by atoms with Gasteiger partial charge in [0.1, 0.15) is 5.82 Å². The van der Waals surface area contributed by atoms with Gasteiger partial charge in [-0.25, -0.2) is 4.39 Å². The average molecular weight is 431 g/mol. The first-order valence-electron chi connectivity index (χ1n) is 11.3. The fourth-order valence-electron chi connectivity index (χ4n) is 4.71. The summed E-state index contributed by atoms with van der Waals surface area (Å²) in [6.07, 6.45) is 0. The quantitative estimate of drug-likeness (QED) is 0.501. The highest BCUT2D eigenvalue weighted by molar-refractivity contribution is 5.73. The Morgan fingerprint density at radius 2 is 1.62 bits per heavy atom. The number of carbonyl (C=O) groups excluding carboxylic acids is 1. The zero-order valence-corrected chi connectivity index (χ0v) is 18.9. The maximum Gasteiger partial charge on any atom is 0.219 e. The summed E-state index contributed by atoms with van der Waals surface area (Å²) in [5.41, 5.74) is 4.85. The van der Waals surface area contributed by atoms with Gasteiger partial charge in [-0.3, -0.25) is 9.69 Å². The second-order valence-electron chi connectivity index (χ2n) is 8.98. The molecule has 0 saturated carbocycles. The Morgan fingerprint density at radius 1 is 0.938 bits per heavy atom. The van der Waals surface area contributed by atoms with Gasteiger partial charge in [0, 0.05) is 45.6 Å². The molecule has 1 heterocycles. The maximum atomic E-state index is 13.3. The van der Waals surface area contributed by atoms with E-state index < -0.39 is 0 Å². The first kappa shape index (κ1) is 22.2. The van der Waals surface area contributed by atoms with E-state index in [1.165, 1.54) is 28.8 Å². The molecule has 0 radical (unpaired) electrons.